The molecule has 1 aromatic heterocycles. The highest BCUT2D eigenvalue weighted by molar-refractivity contribution is 5.85. The number of nitrogens with zero attached hydrogens (tertiary/aromatic N) is 3. The number of hydrogen-bond acceptors (Lipinski definition) is 4. The fourth-order valence-electron chi connectivity index (χ4n) is 0.991. The molecule has 0 aliphatic heterocycles. The van der Waals surface area contributed by atoms with Crippen molar-refractivity contribution in [3.63, 3.8) is 0 Å². The standard InChI is InChI=1S/C8H8F3N3O2/c1-14(4-8(9,10)11)7-12-3-2-5(13-7)6(15)16/h2-3H,4H2,1H3,(H,15,16). The average Bonchev–Trinajstić information content (AvgIpc) is 2.15. The Hall–Kier alpha value is -1.86. The summed E-state index contributed by atoms with van der Waals surface area (Å²) in [6, 6.07) is 1.10. The van der Waals surface area contributed by atoms with E-state index in [-0.39, 0.29) is 11.6 Å². The molecular weight excluding hydrogens is 227 g/mol. The van der Waals surface area contributed by atoms with Crippen molar-refractivity contribution in [1.82, 2.24) is 9.97 Å². The van der Waals surface area contributed by atoms with Gasteiger partial charge in [-0.1, -0.05) is 0 Å². The van der Waals surface area contributed by atoms with Gasteiger partial charge in [-0.25, -0.2) is 14.8 Å². The summed E-state index contributed by atoms with van der Waals surface area (Å²) in [6.07, 6.45) is -3.30. The maximum Gasteiger partial charge on any atom is 0.406 e. The Bertz CT molecular complexity index is 394. The van der Waals surface area contributed by atoms with Crippen molar-refractivity contribution in [2.75, 3.05) is 18.5 Å². The number of halogens is 3. The predicted molar refractivity (Wildman–Crippen MR) is 48.3 cm³/mol. The van der Waals surface area contributed by atoms with Crippen LogP contribution in [-0.2, 0) is 0 Å². The van der Waals surface area contributed by atoms with Crippen LogP contribution in [0.25, 0.3) is 0 Å². The molecule has 0 spiro atoms. The molecule has 0 saturated heterocycles. The van der Waals surface area contributed by atoms with Gasteiger partial charge in [-0.2, -0.15) is 13.2 Å². The SMILES string of the molecule is CN(CC(F)(F)F)c1nccc(C(=O)O)n1. The molecule has 16 heavy (non-hydrogen) atoms. The zero-order chi connectivity index (χ0) is 12.3. The van der Waals surface area contributed by atoms with Gasteiger partial charge >= 0.3 is 12.1 Å². The number of alkyl halides is 3. The van der Waals surface area contributed by atoms with Crippen LogP contribution in [-0.4, -0.2) is 40.8 Å². The van der Waals surface area contributed by atoms with Crippen LogP contribution in [0.2, 0.25) is 0 Å². The van der Waals surface area contributed by atoms with Crippen LogP contribution in [0.5, 0.6) is 0 Å². The predicted octanol–water partition coefficient (Wildman–Crippen LogP) is 1.17. The van der Waals surface area contributed by atoms with Crippen molar-refractivity contribution in [2.24, 2.45) is 0 Å². The lowest BCUT2D eigenvalue weighted by Crippen LogP contribution is -2.32. The molecule has 1 N–H and O–H groups in total. The molecule has 5 nitrogen and oxygen atoms in total. The summed E-state index contributed by atoms with van der Waals surface area (Å²) in [4.78, 5) is 18.3. The number of carboxylic acids is 1. The first-order valence-corrected chi connectivity index (χ1v) is 4.14. The van der Waals surface area contributed by atoms with Gasteiger partial charge in [0, 0.05) is 13.2 Å². The van der Waals surface area contributed by atoms with Crippen LogP contribution < -0.4 is 4.90 Å². The smallest absolute Gasteiger partial charge is 0.406 e. The summed E-state index contributed by atoms with van der Waals surface area (Å²) in [7, 11) is 1.13. The number of aromatic nitrogens is 2. The van der Waals surface area contributed by atoms with E-state index >= 15 is 0 Å². The number of aromatic carboxylic acids is 1. The number of rotatable bonds is 3. The van der Waals surface area contributed by atoms with Crippen molar-refractivity contribution >= 4 is 11.9 Å². The molecule has 1 aromatic rings. The molecule has 0 bridgehead atoms. The van der Waals surface area contributed by atoms with Gasteiger partial charge in [0.2, 0.25) is 5.95 Å². The van der Waals surface area contributed by atoms with Gasteiger partial charge in [0.15, 0.2) is 5.69 Å². The molecule has 0 saturated carbocycles. The molecule has 88 valence electrons. The highest BCUT2D eigenvalue weighted by Crippen LogP contribution is 2.18. The Balaban J connectivity index is 2.87. The first-order chi connectivity index (χ1) is 7.29. The second-order valence-electron chi connectivity index (χ2n) is 3.02. The minimum atomic E-state index is -4.39. The maximum atomic E-state index is 12.0. The minimum Gasteiger partial charge on any atom is -0.477 e. The topological polar surface area (TPSA) is 66.3 Å². The van der Waals surface area contributed by atoms with E-state index in [9.17, 15) is 18.0 Å². The Morgan fingerprint density at radius 3 is 2.69 bits per heavy atom. The van der Waals surface area contributed by atoms with Gasteiger partial charge in [0.25, 0.3) is 0 Å². The summed E-state index contributed by atoms with van der Waals surface area (Å²) in [5.41, 5.74) is -0.348. The third kappa shape index (κ3) is 3.37. The lowest BCUT2D eigenvalue weighted by atomic mass is 10.4. The van der Waals surface area contributed by atoms with Gasteiger partial charge in [-0.3, -0.25) is 0 Å². The van der Waals surface area contributed by atoms with Crippen LogP contribution >= 0.6 is 0 Å². The molecule has 1 rings (SSSR count). The molecule has 0 atom stereocenters. The fourth-order valence-corrected chi connectivity index (χ4v) is 0.991. The van der Waals surface area contributed by atoms with Crippen LogP contribution in [0.3, 0.4) is 0 Å². The Morgan fingerprint density at radius 1 is 1.56 bits per heavy atom. The Labute approximate surface area is 88.5 Å². The maximum absolute atomic E-state index is 12.0. The van der Waals surface area contributed by atoms with E-state index in [0.29, 0.717) is 0 Å². The second-order valence-corrected chi connectivity index (χ2v) is 3.02. The summed E-state index contributed by atoms with van der Waals surface area (Å²) >= 11 is 0. The number of anilines is 1. The average molecular weight is 235 g/mol. The van der Waals surface area contributed by atoms with Gasteiger partial charge < -0.3 is 10.0 Å². The minimum absolute atomic E-state index is 0.280. The molecule has 0 radical (unpaired) electrons. The highest BCUT2D eigenvalue weighted by Gasteiger charge is 2.30. The largest absolute Gasteiger partial charge is 0.477 e. The van der Waals surface area contributed by atoms with E-state index in [2.05, 4.69) is 9.97 Å². The monoisotopic (exact) mass is 235 g/mol. The van der Waals surface area contributed by atoms with Gasteiger partial charge in [0.1, 0.15) is 6.54 Å². The summed E-state index contributed by atoms with van der Waals surface area (Å²) in [5, 5.41) is 8.59. The third-order valence-electron chi connectivity index (χ3n) is 1.62. The number of carbonyl (C=O) groups is 1. The first-order valence-electron chi connectivity index (χ1n) is 4.14. The normalized spacial score (nSPS) is 11.2. The molecular formula is C8H8F3N3O2. The van der Waals surface area contributed by atoms with Crippen molar-refractivity contribution < 1.29 is 23.1 Å². The second kappa shape index (κ2) is 4.33. The molecule has 0 unspecified atom stereocenters. The molecule has 0 amide bonds. The molecule has 0 aliphatic carbocycles. The Kier molecular flexibility index (Phi) is 3.31. The van der Waals surface area contributed by atoms with Crippen molar-refractivity contribution in [3.05, 3.63) is 18.0 Å². The fraction of sp³-hybridized carbons (Fsp3) is 0.375. The zero-order valence-electron chi connectivity index (χ0n) is 8.19. The zero-order valence-corrected chi connectivity index (χ0v) is 8.19. The van der Waals surface area contributed by atoms with Crippen LogP contribution in [0.4, 0.5) is 19.1 Å². The molecule has 0 fully saturated rings. The Morgan fingerprint density at radius 2 is 2.19 bits per heavy atom. The van der Waals surface area contributed by atoms with E-state index in [1.54, 1.807) is 0 Å². The van der Waals surface area contributed by atoms with Gasteiger partial charge in [-0.15, -0.1) is 0 Å². The summed E-state index contributed by atoms with van der Waals surface area (Å²) < 4.78 is 36.1. The van der Waals surface area contributed by atoms with Crippen molar-refractivity contribution in [1.29, 1.82) is 0 Å². The van der Waals surface area contributed by atoms with Crippen LogP contribution in [0, 0.1) is 0 Å². The quantitative estimate of drug-likeness (QED) is 0.851. The van der Waals surface area contributed by atoms with Crippen molar-refractivity contribution in [2.45, 2.75) is 6.18 Å². The van der Waals surface area contributed by atoms with E-state index < -0.39 is 18.7 Å². The highest BCUT2D eigenvalue weighted by atomic mass is 19.4. The molecule has 1 heterocycles. The molecule has 8 heteroatoms. The van der Waals surface area contributed by atoms with Crippen LogP contribution in [0.15, 0.2) is 12.3 Å². The molecule has 0 aromatic carbocycles. The third-order valence-corrected chi connectivity index (χ3v) is 1.62. The lowest BCUT2D eigenvalue weighted by molar-refractivity contribution is -0.119. The molecule has 0 aliphatic rings. The summed E-state index contributed by atoms with van der Waals surface area (Å²) in [6.45, 7) is -1.24. The van der Waals surface area contributed by atoms with Crippen LogP contribution in [0.1, 0.15) is 10.5 Å². The number of carboxylic acid groups (broad SMARTS) is 1. The van der Waals surface area contributed by atoms with Gasteiger partial charge in [-0.05, 0) is 6.07 Å². The van der Waals surface area contributed by atoms with E-state index in [1.165, 1.54) is 0 Å². The first kappa shape index (κ1) is 12.2. The van der Waals surface area contributed by atoms with Crippen molar-refractivity contribution in [3.8, 4) is 0 Å². The van der Waals surface area contributed by atoms with Gasteiger partial charge in [0.05, 0.1) is 0 Å². The number of hydrogen-bond donors (Lipinski definition) is 1. The van der Waals surface area contributed by atoms with E-state index in [1.807, 2.05) is 0 Å². The van der Waals surface area contributed by atoms with E-state index in [0.717, 1.165) is 24.2 Å². The van der Waals surface area contributed by atoms with E-state index in [4.69, 9.17) is 5.11 Å². The lowest BCUT2D eigenvalue weighted by Gasteiger charge is -2.18. The summed E-state index contributed by atoms with van der Waals surface area (Å²) in [5.74, 6) is -1.60.